The smallest absolute Gasteiger partial charge is 0.234 e. The third kappa shape index (κ3) is 4.36. The lowest BCUT2D eigenvalue weighted by Crippen LogP contribution is -2.37. The van der Waals surface area contributed by atoms with Crippen LogP contribution in [-0.4, -0.2) is 44.1 Å². The fourth-order valence-electron chi connectivity index (χ4n) is 2.26. The summed E-state index contributed by atoms with van der Waals surface area (Å²) in [5, 5.41) is 10.9. The zero-order valence-electron chi connectivity index (χ0n) is 13.2. The first kappa shape index (κ1) is 16.1. The number of pyridine rings is 1. The van der Waals surface area contributed by atoms with Crippen molar-refractivity contribution in [3.8, 4) is 0 Å². The summed E-state index contributed by atoms with van der Waals surface area (Å²) in [7, 11) is 1.90. The average Bonchev–Trinajstić information content (AvgIpc) is 2.96. The predicted molar refractivity (Wildman–Crippen MR) is 82.8 cm³/mol. The average molecular weight is 302 g/mol. The predicted octanol–water partition coefficient (Wildman–Crippen LogP) is 1.00. The molecule has 1 amide bonds. The van der Waals surface area contributed by atoms with Gasteiger partial charge in [-0.3, -0.25) is 14.7 Å². The van der Waals surface area contributed by atoms with E-state index in [4.69, 9.17) is 0 Å². The maximum absolute atomic E-state index is 12.1. The van der Waals surface area contributed by atoms with Crippen molar-refractivity contribution in [2.24, 2.45) is 0 Å². The molecule has 2 aromatic rings. The topological polar surface area (TPSA) is 75.9 Å². The van der Waals surface area contributed by atoms with E-state index in [2.05, 4.69) is 20.5 Å². The van der Waals surface area contributed by atoms with E-state index in [0.29, 0.717) is 13.1 Å². The number of nitrogens with zero attached hydrogens (tertiary/aromatic N) is 5. The fraction of sp³-hybridized carbons (Fsp3) is 0.467. The molecule has 0 aromatic carbocycles. The quantitative estimate of drug-likeness (QED) is 0.826. The van der Waals surface area contributed by atoms with Crippen molar-refractivity contribution in [1.82, 2.24) is 30.0 Å². The van der Waals surface area contributed by atoms with Crippen molar-refractivity contribution in [2.45, 2.75) is 33.0 Å². The Bertz CT molecular complexity index is 597. The van der Waals surface area contributed by atoms with Crippen molar-refractivity contribution in [3.63, 3.8) is 0 Å². The van der Waals surface area contributed by atoms with Gasteiger partial charge < -0.3 is 9.88 Å². The maximum Gasteiger partial charge on any atom is 0.234 e. The van der Waals surface area contributed by atoms with Gasteiger partial charge in [0.05, 0.1) is 18.3 Å². The number of carbonyl (C=O) groups is 1. The van der Waals surface area contributed by atoms with Gasteiger partial charge in [0.1, 0.15) is 6.33 Å². The number of aromatic nitrogens is 4. The Morgan fingerprint density at radius 3 is 2.95 bits per heavy atom. The first-order valence-electron chi connectivity index (χ1n) is 7.35. The number of carbonyl (C=O) groups excluding carboxylic acids is 1. The summed E-state index contributed by atoms with van der Waals surface area (Å²) in [6, 6.07) is 5.59. The van der Waals surface area contributed by atoms with E-state index in [0.717, 1.165) is 18.1 Å². The molecule has 2 aromatic heterocycles. The zero-order chi connectivity index (χ0) is 15.9. The van der Waals surface area contributed by atoms with E-state index in [1.54, 1.807) is 12.5 Å². The molecule has 1 atom stereocenters. The van der Waals surface area contributed by atoms with Crippen LogP contribution in [0.1, 0.15) is 31.4 Å². The number of amides is 1. The summed E-state index contributed by atoms with van der Waals surface area (Å²) in [4.78, 5) is 18.3. The molecule has 0 radical (unpaired) electrons. The van der Waals surface area contributed by atoms with Gasteiger partial charge in [-0.15, -0.1) is 10.2 Å². The largest absolute Gasteiger partial charge is 0.345 e. The molecule has 7 heteroatoms. The second-order valence-corrected chi connectivity index (χ2v) is 5.26. The Morgan fingerprint density at radius 2 is 2.27 bits per heavy atom. The highest BCUT2D eigenvalue weighted by Gasteiger charge is 2.16. The van der Waals surface area contributed by atoms with E-state index in [1.807, 2.05) is 48.6 Å². The Kier molecular flexibility index (Phi) is 5.60. The highest BCUT2D eigenvalue weighted by Crippen LogP contribution is 2.08. The van der Waals surface area contributed by atoms with Crippen LogP contribution in [-0.2, 0) is 17.9 Å². The van der Waals surface area contributed by atoms with Gasteiger partial charge in [0.25, 0.3) is 0 Å². The van der Waals surface area contributed by atoms with E-state index in [9.17, 15) is 4.79 Å². The fourth-order valence-corrected chi connectivity index (χ4v) is 2.26. The van der Waals surface area contributed by atoms with Crippen LogP contribution in [0.4, 0.5) is 0 Å². The number of likely N-dealkylation sites (N-methyl/N-ethyl adjacent to an activating group) is 1. The first-order chi connectivity index (χ1) is 10.6. The Morgan fingerprint density at radius 1 is 1.45 bits per heavy atom. The van der Waals surface area contributed by atoms with Crippen molar-refractivity contribution in [2.75, 3.05) is 13.6 Å². The highest BCUT2D eigenvalue weighted by atomic mass is 16.2. The van der Waals surface area contributed by atoms with Crippen LogP contribution >= 0.6 is 0 Å². The molecule has 0 fully saturated rings. The van der Waals surface area contributed by atoms with Gasteiger partial charge in [-0.05, 0) is 33.0 Å². The van der Waals surface area contributed by atoms with Gasteiger partial charge in [-0.2, -0.15) is 0 Å². The maximum atomic E-state index is 12.1. The molecule has 0 bridgehead atoms. The van der Waals surface area contributed by atoms with Crippen molar-refractivity contribution < 1.29 is 4.79 Å². The number of rotatable bonds is 7. The molecule has 1 N–H and O–H groups in total. The molecular formula is C15H22N6O. The van der Waals surface area contributed by atoms with Gasteiger partial charge in [0, 0.05) is 19.3 Å². The van der Waals surface area contributed by atoms with Crippen molar-refractivity contribution >= 4 is 5.91 Å². The third-order valence-electron chi connectivity index (χ3n) is 3.32. The standard InChI is InChI=1S/C15H22N6O/c1-4-21-11-17-19-15(21)12(2)18-14(22)10-20(3)9-13-7-5-6-8-16-13/h5-8,11-12H,4,9-10H2,1-3H3,(H,18,22)/t12-/m1/s1. The summed E-state index contributed by atoms with van der Waals surface area (Å²) in [5.74, 6) is 0.722. The second kappa shape index (κ2) is 7.65. The molecule has 2 rings (SSSR count). The van der Waals surface area contributed by atoms with Crippen LogP contribution in [0.2, 0.25) is 0 Å². The van der Waals surface area contributed by atoms with Crippen LogP contribution in [0.25, 0.3) is 0 Å². The van der Waals surface area contributed by atoms with Crippen LogP contribution in [0, 0.1) is 0 Å². The van der Waals surface area contributed by atoms with Gasteiger partial charge in [-0.1, -0.05) is 6.07 Å². The molecule has 22 heavy (non-hydrogen) atoms. The van der Waals surface area contributed by atoms with E-state index in [-0.39, 0.29) is 11.9 Å². The van der Waals surface area contributed by atoms with E-state index >= 15 is 0 Å². The lowest BCUT2D eigenvalue weighted by Gasteiger charge is -2.18. The molecule has 2 heterocycles. The third-order valence-corrected chi connectivity index (χ3v) is 3.32. The van der Waals surface area contributed by atoms with Gasteiger partial charge in [-0.25, -0.2) is 0 Å². The van der Waals surface area contributed by atoms with Crippen molar-refractivity contribution in [1.29, 1.82) is 0 Å². The van der Waals surface area contributed by atoms with Gasteiger partial charge >= 0.3 is 0 Å². The molecule has 0 aliphatic carbocycles. The number of hydrogen-bond acceptors (Lipinski definition) is 5. The molecule has 118 valence electrons. The summed E-state index contributed by atoms with van der Waals surface area (Å²) >= 11 is 0. The van der Waals surface area contributed by atoms with E-state index in [1.165, 1.54) is 0 Å². The minimum absolute atomic E-state index is 0.0448. The Balaban J connectivity index is 1.84. The molecular weight excluding hydrogens is 280 g/mol. The minimum Gasteiger partial charge on any atom is -0.345 e. The molecule has 0 spiro atoms. The van der Waals surface area contributed by atoms with Gasteiger partial charge in [0.2, 0.25) is 5.91 Å². The molecule has 0 aliphatic rings. The second-order valence-electron chi connectivity index (χ2n) is 5.26. The lowest BCUT2D eigenvalue weighted by molar-refractivity contribution is -0.122. The SMILES string of the molecule is CCn1cnnc1[C@@H](C)NC(=O)CN(C)Cc1ccccn1. The summed E-state index contributed by atoms with van der Waals surface area (Å²) in [6.45, 7) is 5.64. The summed E-state index contributed by atoms with van der Waals surface area (Å²) < 4.78 is 1.92. The summed E-state index contributed by atoms with van der Waals surface area (Å²) in [5.41, 5.74) is 0.941. The summed E-state index contributed by atoms with van der Waals surface area (Å²) in [6.07, 6.45) is 3.42. The van der Waals surface area contributed by atoms with Gasteiger partial charge in [0.15, 0.2) is 5.82 Å². The Labute approximate surface area is 130 Å². The van der Waals surface area contributed by atoms with Crippen LogP contribution in [0.3, 0.4) is 0 Å². The molecule has 0 aliphatic heterocycles. The number of nitrogens with one attached hydrogen (secondary N) is 1. The van der Waals surface area contributed by atoms with Crippen LogP contribution in [0.15, 0.2) is 30.7 Å². The van der Waals surface area contributed by atoms with Crippen LogP contribution in [0.5, 0.6) is 0 Å². The molecule has 0 saturated carbocycles. The lowest BCUT2D eigenvalue weighted by atomic mass is 10.3. The molecule has 0 saturated heterocycles. The zero-order valence-corrected chi connectivity index (χ0v) is 13.2. The highest BCUT2D eigenvalue weighted by molar-refractivity contribution is 5.78. The van der Waals surface area contributed by atoms with Crippen LogP contribution < -0.4 is 5.32 Å². The monoisotopic (exact) mass is 302 g/mol. The first-order valence-corrected chi connectivity index (χ1v) is 7.35. The molecule has 7 nitrogen and oxygen atoms in total. The normalized spacial score (nSPS) is 12.4. The minimum atomic E-state index is -0.168. The number of hydrogen-bond donors (Lipinski definition) is 1. The number of aryl methyl sites for hydroxylation is 1. The van der Waals surface area contributed by atoms with E-state index < -0.39 is 0 Å². The molecule has 0 unspecified atom stereocenters. The van der Waals surface area contributed by atoms with Crippen molar-refractivity contribution in [3.05, 3.63) is 42.2 Å². The Hall–Kier alpha value is -2.28.